The van der Waals surface area contributed by atoms with Crippen molar-refractivity contribution in [1.29, 1.82) is 0 Å². The van der Waals surface area contributed by atoms with Crippen molar-refractivity contribution in [2.75, 3.05) is 19.6 Å². The zero-order valence-electron chi connectivity index (χ0n) is 16.0. The Balaban J connectivity index is 1.81. The lowest BCUT2D eigenvalue weighted by molar-refractivity contribution is -0.880. The lowest BCUT2D eigenvalue weighted by Gasteiger charge is -2.42. The Morgan fingerprint density at radius 3 is 1.39 bits per heavy atom. The highest BCUT2D eigenvalue weighted by Gasteiger charge is 2.18. The minimum Gasteiger partial charge on any atom is -0.633 e. The standard InChI is InChI=1S/C21H43NO/c1-2-3-4-5-6-7-8-9-10-11-12-13-16-19-22(23)20-17-14-15-18-21-22/h2-21H2,1H3. The van der Waals surface area contributed by atoms with Crippen LogP contribution in [0, 0.1) is 5.21 Å². The van der Waals surface area contributed by atoms with Gasteiger partial charge in [-0.15, -0.1) is 0 Å². The maximum absolute atomic E-state index is 12.6. The molecule has 138 valence electrons. The van der Waals surface area contributed by atoms with Crippen LogP contribution < -0.4 is 0 Å². The summed E-state index contributed by atoms with van der Waals surface area (Å²) < 4.78 is 0.123. The highest BCUT2D eigenvalue weighted by molar-refractivity contribution is 4.55. The average molecular weight is 326 g/mol. The van der Waals surface area contributed by atoms with E-state index in [0.29, 0.717) is 0 Å². The molecular weight excluding hydrogens is 282 g/mol. The molecule has 1 saturated heterocycles. The number of hydroxylamine groups is 3. The Labute approximate surface area is 146 Å². The molecule has 0 radical (unpaired) electrons. The summed E-state index contributed by atoms with van der Waals surface area (Å²) in [7, 11) is 0. The predicted molar refractivity (Wildman–Crippen MR) is 102 cm³/mol. The van der Waals surface area contributed by atoms with E-state index in [2.05, 4.69) is 6.92 Å². The van der Waals surface area contributed by atoms with Crippen molar-refractivity contribution in [3.63, 3.8) is 0 Å². The number of unbranched alkanes of at least 4 members (excludes halogenated alkanes) is 12. The molecule has 0 amide bonds. The van der Waals surface area contributed by atoms with Gasteiger partial charge in [0.05, 0.1) is 19.6 Å². The van der Waals surface area contributed by atoms with Crippen molar-refractivity contribution >= 4 is 0 Å². The second-order valence-electron chi connectivity index (χ2n) is 7.89. The van der Waals surface area contributed by atoms with Crippen molar-refractivity contribution < 1.29 is 4.65 Å². The summed E-state index contributed by atoms with van der Waals surface area (Å²) in [6, 6.07) is 0. The van der Waals surface area contributed by atoms with Crippen LogP contribution in [-0.2, 0) is 0 Å². The summed E-state index contributed by atoms with van der Waals surface area (Å²) in [5.41, 5.74) is 0. The first-order chi connectivity index (χ1) is 11.3. The van der Waals surface area contributed by atoms with E-state index in [1.807, 2.05) is 0 Å². The van der Waals surface area contributed by atoms with Gasteiger partial charge in [0, 0.05) is 0 Å². The number of quaternary nitrogens is 1. The highest BCUT2D eigenvalue weighted by Crippen LogP contribution is 2.19. The summed E-state index contributed by atoms with van der Waals surface area (Å²) in [5.74, 6) is 0. The van der Waals surface area contributed by atoms with E-state index in [1.165, 1.54) is 89.9 Å². The first kappa shape index (κ1) is 21.0. The van der Waals surface area contributed by atoms with Crippen LogP contribution in [-0.4, -0.2) is 24.3 Å². The van der Waals surface area contributed by atoms with Gasteiger partial charge < -0.3 is 9.85 Å². The van der Waals surface area contributed by atoms with E-state index >= 15 is 0 Å². The second kappa shape index (κ2) is 14.3. The quantitative estimate of drug-likeness (QED) is 0.192. The van der Waals surface area contributed by atoms with E-state index in [9.17, 15) is 5.21 Å². The van der Waals surface area contributed by atoms with Gasteiger partial charge in [-0.3, -0.25) is 0 Å². The first-order valence-corrected chi connectivity index (χ1v) is 10.8. The molecule has 0 atom stereocenters. The molecule has 0 aliphatic carbocycles. The normalized spacial score (nSPS) is 18.0. The van der Waals surface area contributed by atoms with Crippen LogP contribution in [0.1, 0.15) is 116 Å². The van der Waals surface area contributed by atoms with Crippen LogP contribution in [0.2, 0.25) is 0 Å². The van der Waals surface area contributed by atoms with Crippen molar-refractivity contribution in [1.82, 2.24) is 0 Å². The van der Waals surface area contributed by atoms with Crippen LogP contribution in [0.3, 0.4) is 0 Å². The molecule has 2 nitrogen and oxygen atoms in total. The summed E-state index contributed by atoms with van der Waals surface area (Å²) in [5, 5.41) is 12.6. The van der Waals surface area contributed by atoms with Crippen molar-refractivity contribution in [2.24, 2.45) is 0 Å². The lowest BCUT2D eigenvalue weighted by Crippen LogP contribution is -2.43. The summed E-state index contributed by atoms with van der Waals surface area (Å²) >= 11 is 0. The molecule has 23 heavy (non-hydrogen) atoms. The molecule has 0 aromatic carbocycles. The molecule has 1 fully saturated rings. The summed E-state index contributed by atoms with van der Waals surface area (Å²) in [4.78, 5) is 0. The molecule has 1 aliphatic rings. The van der Waals surface area contributed by atoms with Crippen LogP contribution in [0.15, 0.2) is 0 Å². The topological polar surface area (TPSA) is 23.1 Å². The monoisotopic (exact) mass is 325 g/mol. The van der Waals surface area contributed by atoms with E-state index in [4.69, 9.17) is 0 Å². The molecule has 1 heterocycles. The van der Waals surface area contributed by atoms with Crippen LogP contribution in [0.4, 0.5) is 0 Å². The molecule has 0 aromatic heterocycles. The third-order valence-electron chi connectivity index (χ3n) is 5.55. The Kier molecular flexibility index (Phi) is 13.0. The SMILES string of the molecule is CCCCCCCCCCCCCCC[N+]1([O-])CCCCCC1. The predicted octanol–water partition coefficient (Wildman–Crippen LogP) is 6.97. The van der Waals surface area contributed by atoms with Crippen molar-refractivity contribution in [3.8, 4) is 0 Å². The molecular formula is C21H43NO. The first-order valence-electron chi connectivity index (χ1n) is 10.8. The third kappa shape index (κ3) is 12.0. The molecule has 0 unspecified atom stereocenters. The largest absolute Gasteiger partial charge is 0.633 e. The fraction of sp³-hybridized carbons (Fsp3) is 1.00. The van der Waals surface area contributed by atoms with Gasteiger partial charge >= 0.3 is 0 Å². The number of likely N-dealkylation sites (tertiary alicyclic amines) is 1. The second-order valence-corrected chi connectivity index (χ2v) is 7.89. The molecule has 0 N–H and O–H groups in total. The Morgan fingerprint density at radius 2 is 0.957 bits per heavy atom. The van der Waals surface area contributed by atoms with Gasteiger partial charge in [0.25, 0.3) is 0 Å². The molecule has 0 saturated carbocycles. The van der Waals surface area contributed by atoms with Gasteiger partial charge in [0.1, 0.15) is 0 Å². The molecule has 0 bridgehead atoms. The minimum absolute atomic E-state index is 0.123. The Bertz CT molecular complexity index is 246. The zero-order valence-corrected chi connectivity index (χ0v) is 16.0. The number of hydrogen-bond acceptors (Lipinski definition) is 1. The number of nitrogens with zero attached hydrogens (tertiary/aromatic N) is 1. The Hall–Kier alpha value is -0.0800. The number of hydrogen-bond donors (Lipinski definition) is 0. The molecule has 0 spiro atoms. The van der Waals surface area contributed by atoms with E-state index in [0.717, 1.165) is 38.9 Å². The fourth-order valence-corrected chi connectivity index (χ4v) is 3.91. The average Bonchev–Trinajstić information content (AvgIpc) is 2.77. The van der Waals surface area contributed by atoms with Gasteiger partial charge in [-0.1, -0.05) is 77.6 Å². The van der Waals surface area contributed by atoms with Gasteiger partial charge in [0.15, 0.2) is 0 Å². The van der Waals surface area contributed by atoms with E-state index < -0.39 is 0 Å². The maximum Gasteiger partial charge on any atom is 0.0783 e. The van der Waals surface area contributed by atoms with Crippen LogP contribution in [0.25, 0.3) is 0 Å². The molecule has 1 rings (SSSR count). The number of rotatable bonds is 14. The summed E-state index contributed by atoms with van der Waals surface area (Å²) in [6.07, 6.45) is 22.9. The van der Waals surface area contributed by atoms with Gasteiger partial charge in [-0.25, -0.2) is 0 Å². The van der Waals surface area contributed by atoms with Crippen molar-refractivity contribution in [2.45, 2.75) is 116 Å². The van der Waals surface area contributed by atoms with E-state index in [1.54, 1.807) is 0 Å². The third-order valence-corrected chi connectivity index (χ3v) is 5.55. The summed E-state index contributed by atoms with van der Waals surface area (Å²) in [6.45, 7) is 4.95. The molecule has 1 aliphatic heterocycles. The van der Waals surface area contributed by atoms with Crippen LogP contribution >= 0.6 is 0 Å². The molecule has 2 heteroatoms. The van der Waals surface area contributed by atoms with Gasteiger partial charge in [0.2, 0.25) is 0 Å². The molecule has 0 aromatic rings. The van der Waals surface area contributed by atoms with Gasteiger partial charge in [-0.2, -0.15) is 0 Å². The zero-order chi connectivity index (χ0) is 16.6. The van der Waals surface area contributed by atoms with Crippen LogP contribution in [0.5, 0.6) is 0 Å². The fourth-order valence-electron chi connectivity index (χ4n) is 3.91. The van der Waals surface area contributed by atoms with Gasteiger partial charge in [-0.05, 0) is 38.5 Å². The minimum atomic E-state index is 0.123. The van der Waals surface area contributed by atoms with E-state index in [-0.39, 0.29) is 4.65 Å². The lowest BCUT2D eigenvalue weighted by atomic mass is 10.0. The smallest absolute Gasteiger partial charge is 0.0783 e. The Morgan fingerprint density at radius 1 is 0.565 bits per heavy atom. The highest BCUT2D eigenvalue weighted by atomic mass is 16.5. The van der Waals surface area contributed by atoms with Crippen molar-refractivity contribution in [3.05, 3.63) is 5.21 Å². The maximum atomic E-state index is 12.6.